The van der Waals surface area contributed by atoms with E-state index in [9.17, 15) is 4.79 Å². The molecule has 0 atom stereocenters. The van der Waals surface area contributed by atoms with Gasteiger partial charge in [0.15, 0.2) is 17.2 Å². The second-order valence-electron chi connectivity index (χ2n) is 6.23. The first kappa shape index (κ1) is 15.6. The van der Waals surface area contributed by atoms with Gasteiger partial charge in [0.1, 0.15) is 11.8 Å². The lowest BCUT2D eigenvalue weighted by atomic mass is 10.3. The van der Waals surface area contributed by atoms with Gasteiger partial charge in [-0.05, 0) is 19.4 Å². The summed E-state index contributed by atoms with van der Waals surface area (Å²) >= 11 is 0. The number of imidazole rings is 1. The maximum atomic E-state index is 12.7. The number of hydrogen-bond acceptors (Lipinski definition) is 6. The normalized spacial score (nSPS) is 15.6. The van der Waals surface area contributed by atoms with Crippen LogP contribution in [0.5, 0.6) is 0 Å². The number of hydrogen-bond donors (Lipinski definition) is 1. The average molecular weight is 340 g/mol. The topological polar surface area (TPSA) is 95.8 Å². The molecule has 1 N–H and O–H groups in total. The Balaban J connectivity index is 1.52. The number of H-pyrrole nitrogens is 1. The van der Waals surface area contributed by atoms with E-state index in [1.54, 1.807) is 11.0 Å². The second-order valence-corrected chi connectivity index (χ2v) is 6.23. The van der Waals surface area contributed by atoms with Crippen LogP contribution in [0.25, 0.3) is 11.2 Å². The van der Waals surface area contributed by atoms with Crippen molar-refractivity contribution in [3.05, 3.63) is 30.1 Å². The smallest absolute Gasteiger partial charge is 0.274 e. The number of aromatic nitrogens is 6. The lowest BCUT2D eigenvalue weighted by molar-refractivity contribution is 0.0760. The maximum Gasteiger partial charge on any atom is 0.274 e. The highest BCUT2D eigenvalue weighted by atomic mass is 16.2. The molecule has 1 aliphatic heterocycles. The Hall–Kier alpha value is -2.97. The number of anilines is 1. The summed E-state index contributed by atoms with van der Waals surface area (Å²) in [6, 6.07) is 1.84. The molecule has 0 saturated carbocycles. The van der Waals surface area contributed by atoms with Crippen LogP contribution in [0.3, 0.4) is 0 Å². The molecule has 0 unspecified atom stereocenters. The molecule has 3 aromatic rings. The number of amides is 1. The van der Waals surface area contributed by atoms with Gasteiger partial charge in [-0.15, -0.1) is 0 Å². The van der Waals surface area contributed by atoms with Crippen LogP contribution in [0.15, 0.2) is 18.7 Å². The Kier molecular flexibility index (Phi) is 3.83. The van der Waals surface area contributed by atoms with E-state index in [0.717, 1.165) is 30.0 Å². The van der Waals surface area contributed by atoms with Crippen molar-refractivity contribution < 1.29 is 4.79 Å². The fourth-order valence-corrected chi connectivity index (χ4v) is 3.15. The summed E-state index contributed by atoms with van der Waals surface area (Å²) in [7, 11) is 1.85. The Morgan fingerprint density at radius 3 is 2.84 bits per heavy atom. The number of fused-ring (bicyclic) bond motifs is 1. The highest BCUT2D eigenvalue weighted by Gasteiger charge is 2.24. The van der Waals surface area contributed by atoms with E-state index < -0.39 is 0 Å². The van der Waals surface area contributed by atoms with Crippen LogP contribution in [-0.2, 0) is 7.05 Å². The van der Waals surface area contributed by atoms with E-state index >= 15 is 0 Å². The third-order valence-electron chi connectivity index (χ3n) is 4.62. The minimum Gasteiger partial charge on any atom is -0.353 e. The SMILES string of the molecule is Cc1cc(C(=O)N2CCCN(c3ncnc4nc[nH]c34)CC2)nn1C. The molecule has 9 heteroatoms. The molecule has 0 radical (unpaired) electrons. The summed E-state index contributed by atoms with van der Waals surface area (Å²) in [4.78, 5) is 32.6. The monoisotopic (exact) mass is 340 g/mol. The number of aromatic amines is 1. The minimum atomic E-state index is -0.0140. The van der Waals surface area contributed by atoms with Crippen molar-refractivity contribution in [2.24, 2.45) is 7.05 Å². The summed E-state index contributed by atoms with van der Waals surface area (Å²) < 4.78 is 1.73. The molecule has 0 aromatic carbocycles. The Bertz CT molecular complexity index is 894. The van der Waals surface area contributed by atoms with Gasteiger partial charge in [-0.1, -0.05) is 0 Å². The largest absolute Gasteiger partial charge is 0.353 e. The molecule has 4 heterocycles. The number of carbonyl (C=O) groups excluding carboxylic acids is 1. The van der Waals surface area contributed by atoms with Gasteiger partial charge in [-0.3, -0.25) is 9.48 Å². The summed E-state index contributed by atoms with van der Waals surface area (Å²) in [5.41, 5.74) is 2.97. The lowest BCUT2D eigenvalue weighted by Crippen LogP contribution is -2.35. The summed E-state index contributed by atoms with van der Waals surface area (Å²) in [6.07, 6.45) is 4.03. The second kappa shape index (κ2) is 6.15. The predicted molar refractivity (Wildman–Crippen MR) is 92.4 cm³/mol. The molecule has 25 heavy (non-hydrogen) atoms. The van der Waals surface area contributed by atoms with Crippen LogP contribution >= 0.6 is 0 Å². The van der Waals surface area contributed by atoms with Crippen LogP contribution in [0.2, 0.25) is 0 Å². The first-order valence-electron chi connectivity index (χ1n) is 8.32. The zero-order valence-electron chi connectivity index (χ0n) is 14.3. The highest BCUT2D eigenvalue weighted by molar-refractivity contribution is 5.92. The van der Waals surface area contributed by atoms with Crippen molar-refractivity contribution in [3.8, 4) is 0 Å². The van der Waals surface area contributed by atoms with Crippen molar-refractivity contribution in [3.63, 3.8) is 0 Å². The minimum absolute atomic E-state index is 0.0140. The molecular weight excluding hydrogens is 320 g/mol. The van der Waals surface area contributed by atoms with Gasteiger partial charge in [0, 0.05) is 38.9 Å². The van der Waals surface area contributed by atoms with E-state index in [-0.39, 0.29) is 5.91 Å². The number of aryl methyl sites for hydroxylation is 2. The number of nitrogens with one attached hydrogen (secondary N) is 1. The molecule has 1 aliphatic rings. The third kappa shape index (κ3) is 2.81. The first-order chi connectivity index (χ1) is 12.1. The van der Waals surface area contributed by atoms with Crippen molar-refractivity contribution in [1.29, 1.82) is 0 Å². The number of nitrogens with zero attached hydrogens (tertiary/aromatic N) is 7. The summed E-state index contributed by atoms with van der Waals surface area (Å²) in [5.74, 6) is 0.824. The van der Waals surface area contributed by atoms with Crippen molar-refractivity contribution in [2.45, 2.75) is 13.3 Å². The zero-order valence-corrected chi connectivity index (χ0v) is 14.3. The molecule has 0 bridgehead atoms. The summed E-state index contributed by atoms with van der Waals surface area (Å²) in [6.45, 7) is 4.83. The predicted octanol–water partition coefficient (Wildman–Crippen LogP) is 0.747. The van der Waals surface area contributed by atoms with Crippen LogP contribution in [0.1, 0.15) is 22.6 Å². The van der Waals surface area contributed by atoms with E-state index in [1.807, 2.05) is 24.9 Å². The van der Waals surface area contributed by atoms with Crippen LogP contribution in [0.4, 0.5) is 5.82 Å². The number of rotatable bonds is 2. The molecule has 1 fully saturated rings. The van der Waals surface area contributed by atoms with Gasteiger partial charge >= 0.3 is 0 Å². The molecular formula is C16H20N8O. The first-order valence-corrected chi connectivity index (χ1v) is 8.32. The average Bonchev–Trinajstić information content (AvgIpc) is 3.13. The van der Waals surface area contributed by atoms with Crippen molar-refractivity contribution in [1.82, 2.24) is 34.6 Å². The van der Waals surface area contributed by atoms with Gasteiger partial charge < -0.3 is 14.8 Å². The fourth-order valence-electron chi connectivity index (χ4n) is 3.15. The van der Waals surface area contributed by atoms with Gasteiger partial charge in [0.05, 0.1) is 6.33 Å². The molecule has 0 spiro atoms. The zero-order chi connectivity index (χ0) is 17.4. The van der Waals surface area contributed by atoms with Gasteiger partial charge in [0.25, 0.3) is 5.91 Å². The molecule has 1 saturated heterocycles. The number of carbonyl (C=O) groups is 1. The quantitative estimate of drug-likeness (QED) is 0.739. The van der Waals surface area contributed by atoms with E-state index in [4.69, 9.17) is 0 Å². The van der Waals surface area contributed by atoms with Gasteiger partial charge in [-0.2, -0.15) is 5.10 Å². The molecule has 9 nitrogen and oxygen atoms in total. The molecule has 4 rings (SSSR count). The van der Waals surface area contributed by atoms with Crippen LogP contribution in [-0.4, -0.2) is 66.7 Å². The van der Waals surface area contributed by atoms with Gasteiger partial charge in [0.2, 0.25) is 0 Å². The molecule has 0 aliphatic carbocycles. The molecule has 3 aromatic heterocycles. The Morgan fingerprint density at radius 2 is 2.04 bits per heavy atom. The molecule has 130 valence electrons. The van der Waals surface area contributed by atoms with Gasteiger partial charge in [-0.25, -0.2) is 15.0 Å². The third-order valence-corrected chi connectivity index (χ3v) is 4.62. The summed E-state index contributed by atoms with van der Waals surface area (Å²) in [5, 5.41) is 4.31. The van der Waals surface area contributed by atoms with E-state index in [2.05, 4.69) is 29.9 Å². The van der Waals surface area contributed by atoms with E-state index in [1.165, 1.54) is 6.33 Å². The van der Waals surface area contributed by atoms with E-state index in [0.29, 0.717) is 31.0 Å². The standard InChI is InChI=1S/C16H20N8O/c1-11-8-12(21-22(11)2)16(25)24-5-3-4-23(6-7-24)15-13-14(18-9-17-13)19-10-20-15/h8-10H,3-7H2,1-2H3,(H,17,18,19,20). The van der Waals surface area contributed by atoms with Crippen LogP contribution in [0, 0.1) is 6.92 Å². The fraction of sp³-hybridized carbons (Fsp3) is 0.438. The van der Waals surface area contributed by atoms with Crippen molar-refractivity contribution >= 4 is 22.9 Å². The van der Waals surface area contributed by atoms with Crippen molar-refractivity contribution in [2.75, 3.05) is 31.1 Å². The lowest BCUT2D eigenvalue weighted by Gasteiger charge is -2.22. The molecule has 1 amide bonds. The van der Waals surface area contributed by atoms with Crippen LogP contribution < -0.4 is 4.90 Å². The Morgan fingerprint density at radius 1 is 1.16 bits per heavy atom. The maximum absolute atomic E-state index is 12.7. The highest BCUT2D eigenvalue weighted by Crippen LogP contribution is 2.21. The Labute approximate surface area is 144 Å².